The van der Waals surface area contributed by atoms with E-state index in [2.05, 4.69) is 0 Å². The van der Waals surface area contributed by atoms with Gasteiger partial charge in [0.15, 0.2) is 0 Å². The van der Waals surface area contributed by atoms with Crippen molar-refractivity contribution in [1.82, 2.24) is 4.90 Å². The Bertz CT molecular complexity index is 559. The van der Waals surface area contributed by atoms with E-state index in [0.717, 1.165) is 0 Å². The minimum absolute atomic E-state index is 0.0376. The first-order valence-corrected chi connectivity index (χ1v) is 7.79. The van der Waals surface area contributed by atoms with Crippen molar-refractivity contribution >= 4 is 22.4 Å². The number of nitro groups is 1. The molecule has 2 atom stereocenters. The summed E-state index contributed by atoms with van der Waals surface area (Å²) in [6, 6.07) is 3.99. The van der Waals surface area contributed by atoms with E-state index in [4.69, 9.17) is 0 Å². The quantitative estimate of drug-likeness (QED) is 0.612. The van der Waals surface area contributed by atoms with Crippen molar-refractivity contribution in [1.29, 1.82) is 0 Å². The number of benzene rings is 1. The largest absolute Gasteiger partial charge is 0.338 e. The smallest absolute Gasteiger partial charge is 0.269 e. The van der Waals surface area contributed by atoms with Crippen molar-refractivity contribution in [2.45, 2.75) is 19.9 Å². The molecule has 1 aromatic carbocycles. The van der Waals surface area contributed by atoms with Gasteiger partial charge in [-0.1, -0.05) is 0 Å². The molecule has 0 aliphatic carbocycles. The molecule has 0 aliphatic heterocycles. The lowest BCUT2D eigenvalue weighted by Gasteiger charge is -2.24. The molecule has 0 unspecified atom stereocenters. The molecule has 0 heterocycles. The van der Waals surface area contributed by atoms with Gasteiger partial charge in [-0.3, -0.25) is 19.1 Å². The Morgan fingerprint density at radius 3 is 2.55 bits per heavy atom. The van der Waals surface area contributed by atoms with Gasteiger partial charge in [-0.15, -0.1) is 0 Å². The molecule has 1 rings (SSSR count). The van der Waals surface area contributed by atoms with Crippen LogP contribution in [0.4, 0.5) is 5.69 Å². The standard InChI is InChI=1S/C13H18N2O4S/c1-9-7-11(15(17)18)5-6-12(9)13(16)14(3)10(2)8-20(4)19/h5-7,10H,8H2,1-4H3/t10-,20-/m1/s1. The zero-order valence-corrected chi connectivity index (χ0v) is 12.8. The Morgan fingerprint density at radius 1 is 1.50 bits per heavy atom. The maximum absolute atomic E-state index is 12.3. The first-order chi connectivity index (χ1) is 9.23. The lowest BCUT2D eigenvalue weighted by molar-refractivity contribution is -0.384. The van der Waals surface area contributed by atoms with Crippen LogP contribution < -0.4 is 0 Å². The number of hydrogen-bond donors (Lipinski definition) is 0. The number of aryl methyl sites for hydroxylation is 1. The van der Waals surface area contributed by atoms with Gasteiger partial charge in [-0.2, -0.15) is 0 Å². The lowest BCUT2D eigenvalue weighted by atomic mass is 10.1. The number of carbonyl (C=O) groups is 1. The summed E-state index contributed by atoms with van der Waals surface area (Å²) in [5, 5.41) is 10.7. The Hall–Kier alpha value is -1.76. The van der Waals surface area contributed by atoms with E-state index in [1.54, 1.807) is 20.2 Å². The third kappa shape index (κ3) is 3.86. The molecule has 110 valence electrons. The summed E-state index contributed by atoms with van der Waals surface area (Å²) in [4.78, 5) is 24.0. The zero-order valence-electron chi connectivity index (χ0n) is 12.0. The third-order valence-electron chi connectivity index (χ3n) is 3.11. The molecule has 0 aliphatic rings. The van der Waals surface area contributed by atoms with E-state index in [-0.39, 0.29) is 17.6 Å². The van der Waals surface area contributed by atoms with Gasteiger partial charge in [0.2, 0.25) is 0 Å². The van der Waals surface area contributed by atoms with E-state index < -0.39 is 15.7 Å². The van der Waals surface area contributed by atoms with Crippen LogP contribution in [0.15, 0.2) is 18.2 Å². The van der Waals surface area contributed by atoms with Crippen LogP contribution in [0.3, 0.4) is 0 Å². The molecule has 0 N–H and O–H groups in total. The molecule has 0 bridgehead atoms. The van der Waals surface area contributed by atoms with Crippen molar-refractivity contribution in [2.24, 2.45) is 0 Å². The first kappa shape index (κ1) is 16.3. The summed E-state index contributed by atoms with van der Waals surface area (Å²) in [6.45, 7) is 3.48. The first-order valence-electron chi connectivity index (χ1n) is 6.06. The van der Waals surface area contributed by atoms with Gasteiger partial charge in [0.1, 0.15) is 0 Å². The molecule has 6 nitrogen and oxygen atoms in total. The number of amides is 1. The van der Waals surface area contributed by atoms with Crippen molar-refractivity contribution < 1.29 is 13.9 Å². The molecule has 0 aromatic heterocycles. The van der Waals surface area contributed by atoms with Gasteiger partial charge >= 0.3 is 0 Å². The van der Waals surface area contributed by atoms with Crippen molar-refractivity contribution in [2.75, 3.05) is 19.1 Å². The molecule has 0 fully saturated rings. The van der Waals surface area contributed by atoms with Crippen LogP contribution in [-0.4, -0.2) is 45.0 Å². The molecule has 0 radical (unpaired) electrons. The highest BCUT2D eigenvalue weighted by Crippen LogP contribution is 2.19. The van der Waals surface area contributed by atoms with E-state index in [9.17, 15) is 19.1 Å². The predicted octanol–water partition coefficient (Wildman–Crippen LogP) is 1.74. The van der Waals surface area contributed by atoms with Crippen LogP contribution in [0.1, 0.15) is 22.8 Å². The van der Waals surface area contributed by atoms with Gasteiger partial charge in [0, 0.05) is 53.6 Å². The molecule has 0 saturated carbocycles. The van der Waals surface area contributed by atoms with E-state index in [0.29, 0.717) is 16.9 Å². The Balaban J connectivity index is 2.97. The predicted molar refractivity (Wildman–Crippen MR) is 78.3 cm³/mol. The molecule has 20 heavy (non-hydrogen) atoms. The second-order valence-electron chi connectivity index (χ2n) is 4.76. The average Bonchev–Trinajstić information content (AvgIpc) is 2.35. The summed E-state index contributed by atoms with van der Waals surface area (Å²) in [5.74, 6) is 0.171. The van der Waals surface area contributed by atoms with Crippen LogP contribution >= 0.6 is 0 Å². The average molecular weight is 298 g/mol. The van der Waals surface area contributed by atoms with Crippen LogP contribution in [0.5, 0.6) is 0 Å². The summed E-state index contributed by atoms with van der Waals surface area (Å²) in [5.41, 5.74) is 0.942. The highest BCUT2D eigenvalue weighted by atomic mass is 32.2. The molecule has 1 amide bonds. The van der Waals surface area contributed by atoms with E-state index >= 15 is 0 Å². The van der Waals surface area contributed by atoms with Gasteiger partial charge < -0.3 is 4.90 Å². The number of nitrogens with zero attached hydrogens (tertiary/aromatic N) is 2. The molecule has 0 spiro atoms. The Kier molecular flexibility index (Phi) is 5.38. The number of hydrogen-bond acceptors (Lipinski definition) is 4. The lowest BCUT2D eigenvalue weighted by Crippen LogP contribution is -2.38. The second-order valence-corrected chi connectivity index (χ2v) is 6.24. The normalized spacial score (nSPS) is 13.6. The Labute approximate surface area is 120 Å². The van der Waals surface area contributed by atoms with Gasteiger partial charge in [0.05, 0.1) is 4.92 Å². The highest BCUT2D eigenvalue weighted by Gasteiger charge is 2.21. The maximum Gasteiger partial charge on any atom is 0.269 e. The minimum atomic E-state index is -0.988. The van der Waals surface area contributed by atoms with Crippen molar-refractivity contribution in [3.8, 4) is 0 Å². The van der Waals surface area contributed by atoms with E-state index in [1.807, 2.05) is 6.92 Å². The molecule has 1 aromatic rings. The van der Waals surface area contributed by atoms with Crippen LogP contribution in [0.25, 0.3) is 0 Å². The summed E-state index contributed by atoms with van der Waals surface area (Å²) in [7, 11) is 0.652. The number of carbonyl (C=O) groups excluding carboxylic acids is 1. The van der Waals surface area contributed by atoms with Crippen molar-refractivity contribution in [3.05, 3.63) is 39.4 Å². The molecular weight excluding hydrogens is 280 g/mol. The fraction of sp³-hybridized carbons (Fsp3) is 0.462. The fourth-order valence-corrected chi connectivity index (χ4v) is 2.75. The number of non-ortho nitro benzene ring substituents is 1. The summed E-state index contributed by atoms with van der Waals surface area (Å²) >= 11 is 0. The summed E-state index contributed by atoms with van der Waals surface area (Å²) in [6.07, 6.45) is 1.59. The fourth-order valence-electron chi connectivity index (χ4n) is 1.84. The summed E-state index contributed by atoms with van der Waals surface area (Å²) < 4.78 is 11.2. The monoisotopic (exact) mass is 298 g/mol. The molecule has 7 heteroatoms. The second kappa shape index (κ2) is 6.60. The highest BCUT2D eigenvalue weighted by molar-refractivity contribution is 7.84. The number of nitro benzene ring substituents is 1. The van der Waals surface area contributed by atoms with Crippen LogP contribution in [0, 0.1) is 17.0 Å². The topological polar surface area (TPSA) is 80.5 Å². The maximum atomic E-state index is 12.3. The van der Waals surface area contributed by atoms with Gasteiger partial charge in [-0.05, 0) is 25.5 Å². The molecule has 0 saturated heterocycles. The SMILES string of the molecule is Cc1cc([N+](=O)[O-])ccc1C(=O)N(C)[C@H](C)C[S@@](C)=O. The third-order valence-corrected chi connectivity index (χ3v) is 4.06. The number of rotatable bonds is 5. The van der Waals surface area contributed by atoms with E-state index in [1.165, 1.54) is 23.1 Å². The minimum Gasteiger partial charge on any atom is -0.338 e. The van der Waals surface area contributed by atoms with Gasteiger partial charge in [-0.25, -0.2) is 0 Å². The zero-order chi connectivity index (χ0) is 15.4. The molecular formula is C13H18N2O4S. The van der Waals surface area contributed by atoms with Crippen LogP contribution in [-0.2, 0) is 10.8 Å². The Morgan fingerprint density at radius 2 is 2.10 bits per heavy atom. The van der Waals surface area contributed by atoms with Gasteiger partial charge in [0.25, 0.3) is 11.6 Å². The van der Waals surface area contributed by atoms with Crippen LogP contribution in [0.2, 0.25) is 0 Å². The van der Waals surface area contributed by atoms with Crippen molar-refractivity contribution in [3.63, 3.8) is 0 Å².